The van der Waals surface area contributed by atoms with Crippen molar-refractivity contribution in [3.63, 3.8) is 0 Å². The van der Waals surface area contributed by atoms with Crippen molar-refractivity contribution in [2.45, 2.75) is 32.4 Å². The van der Waals surface area contributed by atoms with Crippen molar-refractivity contribution in [1.82, 2.24) is 9.88 Å². The number of hydrogen-bond acceptors (Lipinski definition) is 4. The molecule has 1 saturated heterocycles. The largest absolute Gasteiger partial charge is 0.392 e. The minimum atomic E-state index is 0.0647. The molecule has 1 aromatic heterocycles. The van der Waals surface area contributed by atoms with Gasteiger partial charge in [-0.3, -0.25) is 0 Å². The zero-order valence-corrected chi connectivity index (χ0v) is 11.6. The molecule has 4 heteroatoms. The van der Waals surface area contributed by atoms with Crippen LogP contribution in [0.5, 0.6) is 0 Å². The molecule has 1 atom stereocenters. The van der Waals surface area contributed by atoms with Crippen molar-refractivity contribution in [2.75, 3.05) is 32.1 Å². The molecular weight excluding hydrogens is 226 g/mol. The molecule has 1 aliphatic heterocycles. The number of aryl methyl sites for hydroxylation is 1. The van der Waals surface area contributed by atoms with Crippen LogP contribution in [0.15, 0.2) is 12.3 Å². The van der Waals surface area contributed by atoms with E-state index in [1.807, 2.05) is 6.07 Å². The van der Waals surface area contributed by atoms with Crippen molar-refractivity contribution < 1.29 is 5.11 Å². The Morgan fingerprint density at radius 3 is 2.89 bits per heavy atom. The van der Waals surface area contributed by atoms with Crippen LogP contribution in [0.1, 0.15) is 24.0 Å². The van der Waals surface area contributed by atoms with Crippen LogP contribution in [0.3, 0.4) is 0 Å². The second-order valence-corrected chi connectivity index (χ2v) is 5.39. The highest BCUT2D eigenvalue weighted by molar-refractivity contribution is 5.49. The van der Waals surface area contributed by atoms with E-state index in [1.54, 1.807) is 6.20 Å². The van der Waals surface area contributed by atoms with Gasteiger partial charge in [-0.15, -0.1) is 0 Å². The van der Waals surface area contributed by atoms with E-state index in [1.165, 1.54) is 12.8 Å². The topological polar surface area (TPSA) is 39.6 Å². The van der Waals surface area contributed by atoms with Gasteiger partial charge in [0.1, 0.15) is 5.82 Å². The smallest absolute Gasteiger partial charge is 0.131 e. The minimum absolute atomic E-state index is 0.0647. The first-order valence-electron chi connectivity index (χ1n) is 6.59. The van der Waals surface area contributed by atoms with Crippen LogP contribution in [0.4, 0.5) is 5.82 Å². The fourth-order valence-corrected chi connectivity index (χ4v) is 2.74. The van der Waals surface area contributed by atoms with Gasteiger partial charge in [0.05, 0.1) is 6.61 Å². The van der Waals surface area contributed by atoms with Gasteiger partial charge in [-0.2, -0.15) is 0 Å². The Labute approximate surface area is 109 Å². The van der Waals surface area contributed by atoms with Gasteiger partial charge >= 0.3 is 0 Å². The lowest BCUT2D eigenvalue weighted by atomic mass is 10.1. The summed E-state index contributed by atoms with van der Waals surface area (Å²) in [5.41, 5.74) is 2.05. The molecule has 1 fully saturated rings. The minimum Gasteiger partial charge on any atom is -0.392 e. The third-order valence-corrected chi connectivity index (χ3v) is 3.51. The van der Waals surface area contributed by atoms with E-state index in [0.717, 1.165) is 30.0 Å². The van der Waals surface area contributed by atoms with Gasteiger partial charge in [0, 0.05) is 25.3 Å². The summed E-state index contributed by atoms with van der Waals surface area (Å²) >= 11 is 0. The Bertz CT molecular complexity index is 406. The summed E-state index contributed by atoms with van der Waals surface area (Å²) in [4.78, 5) is 9.19. The molecule has 2 heterocycles. The summed E-state index contributed by atoms with van der Waals surface area (Å²) in [5, 5.41) is 9.13. The zero-order valence-electron chi connectivity index (χ0n) is 11.6. The fraction of sp³-hybridized carbons (Fsp3) is 0.643. The highest BCUT2D eigenvalue weighted by atomic mass is 16.3. The number of pyridine rings is 1. The molecule has 0 amide bonds. The highest BCUT2D eigenvalue weighted by Gasteiger charge is 2.26. The molecule has 0 aromatic carbocycles. The van der Waals surface area contributed by atoms with Crippen molar-refractivity contribution >= 4 is 5.82 Å². The first kappa shape index (κ1) is 13.3. The van der Waals surface area contributed by atoms with Crippen molar-refractivity contribution in [2.24, 2.45) is 0 Å². The lowest BCUT2D eigenvalue weighted by molar-refractivity contribution is 0.281. The molecule has 100 valence electrons. The average molecular weight is 249 g/mol. The van der Waals surface area contributed by atoms with E-state index in [-0.39, 0.29) is 6.61 Å². The molecule has 0 spiro atoms. The summed E-state index contributed by atoms with van der Waals surface area (Å²) in [6, 6.07) is 2.60. The molecule has 4 nitrogen and oxygen atoms in total. The molecule has 0 radical (unpaired) electrons. The lowest BCUT2D eigenvalue weighted by Crippen LogP contribution is -2.38. The summed E-state index contributed by atoms with van der Waals surface area (Å²) in [7, 11) is 4.23. The van der Waals surface area contributed by atoms with Crippen LogP contribution in [0.25, 0.3) is 0 Å². The monoisotopic (exact) mass is 249 g/mol. The summed E-state index contributed by atoms with van der Waals surface area (Å²) in [5.74, 6) is 1.08. The molecule has 2 rings (SSSR count). The van der Waals surface area contributed by atoms with E-state index >= 15 is 0 Å². The molecule has 18 heavy (non-hydrogen) atoms. The van der Waals surface area contributed by atoms with Gasteiger partial charge < -0.3 is 14.9 Å². The molecule has 0 aliphatic carbocycles. The van der Waals surface area contributed by atoms with Crippen LogP contribution in [0, 0.1) is 6.92 Å². The standard InChI is InChI=1S/C14H23N3O/c1-11-7-12(10-18)8-15-14(11)17-6-4-5-13(17)9-16(2)3/h7-8,13,18H,4-6,9-10H2,1-3H3. The Morgan fingerprint density at radius 2 is 2.28 bits per heavy atom. The van der Waals surface area contributed by atoms with Crippen LogP contribution in [0.2, 0.25) is 0 Å². The number of likely N-dealkylation sites (N-methyl/N-ethyl adjacent to an activating group) is 1. The molecule has 1 aromatic rings. The van der Waals surface area contributed by atoms with E-state index in [2.05, 4.69) is 35.8 Å². The summed E-state index contributed by atoms with van der Waals surface area (Å²) in [6.07, 6.45) is 4.26. The van der Waals surface area contributed by atoms with Gasteiger partial charge in [0.2, 0.25) is 0 Å². The highest BCUT2D eigenvalue weighted by Crippen LogP contribution is 2.27. The van der Waals surface area contributed by atoms with E-state index in [9.17, 15) is 0 Å². The quantitative estimate of drug-likeness (QED) is 0.876. The van der Waals surface area contributed by atoms with Gasteiger partial charge in [0.15, 0.2) is 0 Å². The van der Waals surface area contributed by atoms with E-state index < -0.39 is 0 Å². The molecule has 0 bridgehead atoms. The second-order valence-electron chi connectivity index (χ2n) is 5.39. The molecule has 1 N–H and O–H groups in total. The summed E-state index contributed by atoms with van der Waals surface area (Å²) in [6.45, 7) is 4.30. The number of aliphatic hydroxyl groups is 1. The third kappa shape index (κ3) is 2.82. The lowest BCUT2D eigenvalue weighted by Gasteiger charge is -2.29. The first-order chi connectivity index (χ1) is 8.61. The maximum absolute atomic E-state index is 9.13. The van der Waals surface area contributed by atoms with Gasteiger partial charge in [0.25, 0.3) is 0 Å². The Balaban J connectivity index is 2.19. The average Bonchev–Trinajstić information content (AvgIpc) is 2.76. The van der Waals surface area contributed by atoms with Gasteiger partial charge in [-0.05, 0) is 51.1 Å². The van der Waals surface area contributed by atoms with Crippen LogP contribution < -0.4 is 4.90 Å². The van der Waals surface area contributed by atoms with Crippen LogP contribution >= 0.6 is 0 Å². The number of anilines is 1. The predicted molar refractivity (Wildman–Crippen MR) is 73.8 cm³/mol. The molecule has 1 aliphatic rings. The molecular formula is C14H23N3O. The predicted octanol–water partition coefficient (Wildman–Crippen LogP) is 1.41. The van der Waals surface area contributed by atoms with Crippen molar-refractivity contribution in [3.8, 4) is 0 Å². The maximum Gasteiger partial charge on any atom is 0.131 e. The SMILES string of the molecule is Cc1cc(CO)cnc1N1CCCC1CN(C)C. The number of rotatable bonds is 4. The zero-order chi connectivity index (χ0) is 13.1. The summed E-state index contributed by atoms with van der Waals surface area (Å²) < 4.78 is 0. The second kappa shape index (κ2) is 5.67. The van der Waals surface area contributed by atoms with E-state index in [4.69, 9.17) is 5.11 Å². The fourth-order valence-electron chi connectivity index (χ4n) is 2.74. The van der Waals surface area contributed by atoms with Crippen molar-refractivity contribution in [3.05, 3.63) is 23.4 Å². The number of aliphatic hydroxyl groups excluding tert-OH is 1. The Kier molecular flexibility index (Phi) is 4.19. The molecule has 1 unspecified atom stereocenters. The van der Waals surface area contributed by atoms with Crippen LogP contribution in [-0.4, -0.2) is 48.2 Å². The number of nitrogens with zero attached hydrogens (tertiary/aromatic N) is 3. The van der Waals surface area contributed by atoms with Gasteiger partial charge in [-0.25, -0.2) is 4.98 Å². The normalized spacial score (nSPS) is 19.8. The maximum atomic E-state index is 9.13. The number of aromatic nitrogens is 1. The Hall–Kier alpha value is -1.13. The third-order valence-electron chi connectivity index (χ3n) is 3.51. The number of hydrogen-bond donors (Lipinski definition) is 1. The van der Waals surface area contributed by atoms with Crippen molar-refractivity contribution in [1.29, 1.82) is 0 Å². The molecule has 0 saturated carbocycles. The first-order valence-corrected chi connectivity index (χ1v) is 6.59. The van der Waals surface area contributed by atoms with Gasteiger partial charge in [-0.1, -0.05) is 0 Å². The Morgan fingerprint density at radius 1 is 1.50 bits per heavy atom. The van der Waals surface area contributed by atoms with E-state index in [0.29, 0.717) is 6.04 Å². The van der Waals surface area contributed by atoms with Crippen LogP contribution in [-0.2, 0) is 6.61 Å².